The van der Waals surface area contributed by atoms with Crippen LogP contribution < -0.4 is 20.3 Å². The lowest BCUT2D eigenvalue weighted by atomic mass is 10.1. The van der Waals surface area contributed by atoms with Gasteiger partial charge in [-0.15, -0.1) is 0 Å². The van der Waals surface area contributed by atoms with Crippen LogP contribution in [0.2, 0.25) is 0 Å². The molecular weight excluding hydrogens is 550 g/mol. The number of nitrogens with zero attached hydrogens (tertiary/aromatic N) is 1. The molecule has 6 nitrogen and oxygen atoms in total. The Morgan fingerprint density at radius 3 is 2.41 bits per heavy atom. The molecule has 0 radical (unpaired) electrons. The Morgan fingerprint density at radius 2 is 1.68 bits per heavy atom. The molecule has 0 heterocycles. The lowest BCUT2D eigenvalue weighted by Crippen LogP contribution is -2.41. The van der Waals surface area contributed by atoms with E-state index in [4.69, 9.17) is 17.0 Å². The molecule has 0 saturated heterocycles. The summed E-state index contributed by atoms with van der Waals surface area (Å²) in [6.45, 7) is 5.25. The van der Waals surface area contributed by atoms with Crippen LogP contribution in [0.4, 0.5) is 5.69 Å². The van der Waals surface area contributed by atoms with E-state index in [-0.39, 0.29) is 16.9 Å². The van der Waals surface area contributed by atoms with Gasteiger partial charge in [-0.05, 0) is 66.9 Å². The van der Waals surface area contributed by atoms with E-state index in [9.17, 15) is 9.59 Å². The second-order valence-electron chi connectivity index (χ2n) is 9.00. The van der Waals surface area contributed by atoms with Gasteiger partial charge in [0, 0.05) is 18.1 Å². The van der Waals surface area contributed by atoms with E-state index in [1.165, 1.54) is 0 Å². The number of benzene rings is 3. The highest BCUT2D eigenvalue weighted by atomic mass is 79.9. The number of rotatable bonds is 10. The van der Waals surface area contributed by atoms with Gasteiger partial charge in [-0.2, -0.15) is 0 Å². The Morgan fingerprint density at radius 1 is 0.973 bits per heavy atom. The number of carbonyl (C=O) groups excluding carboxylic acids is 2. The summed E-state index contributed by atoms with van der Waals surface area (Å²) in [6.07, 6.45) is 1.61. The number of thiocarbonyl (C=S) groups is 1. The molecule has 0 atom stereocenters. The number of para-hydroxylation sites is 1. The van der Waals surface area contributed by atoms with Crippen LogP contribution in [0.5, 0.6) is 5.75 Å². The molecule has 0 aliphatic carbocycles. The first-order valence-corrected chi connectivity index (χ1v) is 13.4. The van der Waals surface area contributed by atoms with Gasteiger partial charge >= 0.3 is 0 Å². The van der Waals surface area contributed by atoms with Crippen LogP contribution in [-0.2, 0) is 6.42 Å². The third-order valence-corrected chi connectivity index (χ3v) is 6.59. The number of nitrogens with one attached hydrogen (secondary N) is 2. The van der Waals surface area contributed by atoms with E-state index in [1.54, 1.807) is 42.3 Å². The third kappa shape index (κ3) is 8.40. The van der Waals surface area contributed by atoms with Crippen LogP contribution in [-0.4, -0.2) is 37.1 Å². The lowest BCUT2D eigenvalue weighted by molar-refractivity contribution is 0.0952. The number of carbonyl (C=O) groups is 2. The van der Waals surface area contributed by atoms with Crippen molar-refractivity contribution in [2.24, 2.45) is 5.92 Å². The molecule has 2 N–H and O–H groups in total. The van der Waals surface area contributed by atoms with E-state index in [1.807, 2.05) is 42.5 Å². The molecule has 3 aromatic rings. The van der Waals surface area contributed by atoms with Gasteiger partial charge in [0.2, 0.25) is 0 Å². The van der Waals surface area contributed by atoms with Crippen LogP contribution >= 0.6 is 28.1 Å². The molecule has 8 heteroatoms. The van der Waals surface area contributed by atoms with Crippen molar-refractivity contribution in [1.29, 1.82) is 0 Å². The maximum Gasteiger partial charge on any atom is 0.261 e. The minimum absolute atomic E-state index is 0.169. The molecule has 3 aromatic carbocycles. The number of amides is 2. The molecule has 0 spiro atoms. The van der Waals surface area contributed by atoms with Crippen molar-refractivity contribution in [3.8, 4) is 5.75 Å². The summed E-state index contributed by atoms with van der Waals surface area (Å²) in [5.41, 5.74) is 2.58. The Labute approximate surface area is 232 Å². The SMILES string of the molecule is CC(C)CCOc1ccc(Br)cc1C(=O)NC(=S)N(C)c1ccccc1C(=O)NCCc1ccccc1. The topological polar surface area (TPSA) is 70.7 Å². The fourth-order valence-electron chi connectivity index (χ4n) is 3.59. The molecule has 3 rings (SSSR count). The first-order valence-electron chi connectivity index (χ1n) is 12.2. The van der Waals surface area contributed by atoms with E-state index in [0.29, 0.717) is 41.6 Å². The number of anilines is 1. The van der Waals surface area contributed by atoms with Crippen molar-refractivity contribution in [2.75, 3.05) is 25.1 Å². The molecular formula is C29H32BrN3O3S. The minimum atomic E-state index is -0.387. The summed E-state index contributed by atoms with van der Waals surface area (Å²) in [7, 11) is 1.72. The zero-order valence-corrected chi connectivity index (χ0v) is 23.7. The van der Waals surface area contributed by atoms with Crippen molar-refractivity contribution in [3.05, 3.63) is 94.0 Å². The highest BCUT2D eigenvalue weighted by molar-refractivity contribution is 9.10. The summed E-state index contributed by atoms with van der Waals surface area (Å²) < 4.78 is 6.63. The van der Waals surface area contributed by atoms with Crippen LogP contribution in [0, 0.1) is 5.92 Å². The summed E-state index contributed by atoms with van der Waals surface area (Å²) in [5, 5.41) is 5.92. The normalized spacial score (nSPS) is 10.6. The van der Waals surface area contributed by atoms with Gasteiger partial charge in [0.1, 0.15) is 5.75 Å². The molecule has 0 unspecified atom stereocenters. The van der Waals surface area contributed by atoms with E-state index >= 15 is 0 Å². The smallest absolute Gasteiger partial charge is 0.261 e. The monoisotopic (exact) mass is 581 g/mol. The van der Waals surface area contributed by atoms with E-state index in [2.05, 4.69) is 40.4 Å². The van der Waals surface area contributed by atoms with Crippen molar-refractivity contribution >= 4 is 50.8 Å². The molecule has 0 aliphatic rings. The molecule has 194 valence electrons. The number of hydrogen-bond acceptors (Lipinski definition) is 4. The van der Waals surface area contributed by atoms with Gasteiger partial charge in [-0.3, -0.25) is 14.9 Å². The van der Waals surface area contributed by atoms with Gasteiger partial charge in [0.25, 0.3) is 11.8 Å². The predicted molar refractivity (Wildman–Crippen MR) is 156 cm³/mol. The van der Waals surface area contributed by atoms with Crippen molar-refractivity contribution in [1.82, 2.24) is 10.6 Å². The molecule has 0 saturated carbocycles. The van der Waals surface area contributed by atoms with Gasteiger partial charge in [-0.1, -0.05) is 72.2 Å². The quantitative estimate of drug-likeness (QED) is 0.287. The number of hydrogen-bond donors (Lipinski definition) is 2. The minimum Gasteiger partial charge on any atom is -0.493 e. The summed E-state index contributed by atoms with van der Waals surface area (Å²) >= 11 is 8.97. The van der Waals surface area contributed by atoms with Gasteiger partial charge in [0.15, 0.2) is 5.11 Å². The largest absolute Gasteiger partial charge is 0.493 e. The Bertz CT molecular complexity index is 1230. The first kappa shape index (κ1) is 28.3. The second kappa shape index (κ2) is 13.9. The first-order chi connectivity index (χ1) is 17.8. The lowest BCUT2D eigenvalue weighted by Gasteiger charge is -2.23. The van der Waals surface area contributed by atoms with Crippen LogP contribution in [0.25, 0.3) is 0 Å². The Hall–Kier alpha value is -3.23. The average molecular weight is 583 g/mol. The van der Waals surface area contributed by atoms with E-state index in [0.717, 1.165) is 22.9 Å². The fraction of sp³-hybridized carbons (Fsp3) is 0.276. The van der Waals surface area contributed by atoms with Gasteiger partial charge < -0.3 is 15.0 Å². The summed E-state index contributed by atoms with van der Waals surface area (Å²) in [6, 6.07) is 22.4. The molecule has 2 amide bonds. The number of ether oxygens (including phenoxy) is 1. The van der Waals surface area contributed by atoms with Crippen LogP contribution in [0.15, 0.2) is 77.3 Å². The molecule has 0 fully saturated rings. The second-order valence-corrected chi connectivity index (χ2v) is 10.3. The van der Waals surface area contributed by atoms with Gasteiger partial charge in [0.05, 0.1) is 23.4 Å². The van der Waals surface area contributed by atoms with Gasteiger partial charge in [-0.25, -0.2) is 0 Å². The zero-order chi connectivity index (χ0) is 26.8. The third-order valence-electron chi connectivity index (χ3n) is 5.72. The van der Waals surface area contributed by atoms with Crippen LogP contribution in [0.3, 0.4) is 0 Å². The molecule has 0 aromatic heterocycles. The van der Waals surface area contributed by atoms with Crippen molar-refractivity contribution in [2.45, 2.75) is 26.7 Å². The van der Waals surface area contributed by atoms with Crippen LogP contribution in [0.1, 0.15) is 46.5 Å². The predicted octanol–water partition coefficient (Wildman–Crippen LogP) is 6.00. The van der Waals surface area contributed by atoms with Crippen molar-refractivity contribution in [3.63, 3.8) is 0 Å². The highest BCUT2D eigenvalue weighted by Crippen LogP contribution is 2.25. The Balaban J connectivity index is 1.67. The average Bonchev–Trinajstić information content (AvgIpc) is 2.89. The number of halogens is 1. The Kier molecular flexibility index (Phi) is 10.7. The molecule has 37 heavy (non-hydrogen) atoms. The zero-order valence-electron chi connectivity index (χ0n) is 21.3. The standard InChI is InChI=1S/C29H32BrN3O3S/c1-20(2)16-18-36-26-14-13-22(30)19-24(26)28(35)32-29(37)33(3)25-12-8-7-11-23(25)27(34)31-17-15-21-9-5-4-6-10-21/h4-14,19-20H,15-18H2,1-3H3,(H,31,34)(H,32,35,37). The summed E-state index contributed by atoms with van der Waals surface area (Å²) in [4.78, 5) is 27.7. The molecule has 0 aliphatic heterocycles. The van der Waals surface area contributed by atoms with E-state index < -0.39 is 0 Å². The highest BCUT2D eigenvalue weighted by Gasteiger charge is 2.20. The maximum atomic E-state index is 13.2. The summed E-state index contributed by atoms with van der Waals surface area (Å²) in [5.74, 6) is 0.386. The fourth-order valence-corrected chi connectivity index (χ4v) is 4.14. The maximum absolute atomic E-state index is 13.2. The van der Waals surface area contributed by atoms with Crippen molar-refractivity contribution < 1.29 is 14.3 Å². The molecule has 0 bridgehead atoms.